The fourth-order valence-corrected chi connectivity index (χ4v) is 2.51. The minimum Gasteiger partial charge on any atom is -0.321 e. The van der Waals surface area contributed by atoms with Crippen molar-refractivity contribution in [2.75, 3.05) is 5.32 Å². The van der Waals surface area contributed by atoms with Crippen LogP contribution in [0, 0.1) is 6.92 Å². The number of aryl methyl sites for hydroxylation is 1. The lowest BCUT2D eigenvalue weighted by Crippen LogP contribution is -2.09. The topological polar surface area (TPSA) is 54.9 Å². The van der Waals surface area contributed by atoms with E-state index >= 15 is 0 Å². The van der Waals surface area contributed by atoms with E-state index in [2.05, 4.69) is 15.3 Å². The van der Waals surface area contributed by atoms with E-state index in [0.29, 0.717) is 10.7 Å². The van der Waals surface area contributed by atoms with Gasteiger partial charge in [-0.1, -0.05) is 6.07 Å². The highest BCUT2D eigenvalue weighted by Crippen LogP contribution is 2.19. The first-order valence-electron chi connectivity index (χ1n) is 6.47. The first kappa shape index (κ1) is 13.5. The van der Waals surface area contributed by atoms with Gasteiger partial charge in [0.15, 0.2) is 5.82 Å². The molecule has 104 valence electrons. The average molecular weight is 295 g/mol. The van der Waals surface area contributed by atoms with E-state index in [-0.39, 0.29) is 5.91 Å². The summed E-state index contributed by atoms with van der Waals surface area (Å²) in [7, 11) is 0. The number of hydrogen-bond donors (Lipinski definition) is 1. The van der Waals surface area contributed by atoms with Crippen molar-refractivity contribution in [3.63, 3.8) is 0 Å². The summed E-state index contributed by atoms with van der Waals surface area (Å²) in [4.78, 5) is 21.3. The number of nitrogens with one attached hydrogen (secondary N) is 1. The molecule has 0 bridgehead atoms. The molecule has 0 aliphatic carbocycles. The van der Waals surface area contributed by atoms with E-state index in [9.17, 15) is 4.79 Å². The summed E-state index contributed by atoms with van der Waals surface area (Å²) >= 11 is 1.42. The van der Waals surface area contributed by atoms with Crippen LogP contribution >= 0.6 is 11.3 Å². The summed E-state index contributed by atoms with van der Waals surface area (Å²) < 4.78 is 0. The molecule has 21 heavy (non-hydrogen) atoms. The molecular weight excluding hydrogens is 282 g/mol. The van der Waals surface area contributed by atoms with Crippen LogP contribution in [0.15, 0.2) is 54.0 Å². The van der Waals surface area contributed by atoms with Gasteiger partial charge in [-0.05, 0) is 48.7 Å². The van der Waals surface area contributed by atoms with Crippen LogP contribution in [0.25, 0.3) is 11.4 Å². The number of anilines is 1. The van der Waals surface area contributed by atoms with Gasteiger partial charge in [-0.15, -0.1) is 11.3 Å². The molecule has 0 aliphatic rings. The Balaban J connectivity index is 1.77. The fourth-order valence-electron chi connectivity index (χ4n) is 1.89. The SMILES string of the molecule is Cc1ccnc(-c2ccc(NC(=O)c3cccs3)cc2)n1. The van der Waals surface area contributed by atoms with Gasteiger partial charge in [0.25, 0.3) is 5.91 Å². The van der Waals surface area contributed by atoms with Crippen molar-refractivity contribution >= 4 is 22.9 Å². The highest BCUT2D eigenvalue weighted by atomic mass is 32.1. The van der Waals surface area contributed by atoms with Gasteiger partial charge in [-0.2, -0.15) is 0 Å². The number of rotatable bonds is 3. The molecule has 4 nitrogen and oxygen atoms in total. The van der Waals surface area contributed by atoms with Crippen LogP contribution in [-0.4, -0.2) is 15.9 Å². The van der Waals surface area contributed by atoms with Gasteiger partial charge in [-0.25, -0.2) is 9.97 Å². The van der Waals surface area contributed by atoms with Gasteiger partial charge in [0.1, 0.15) is 0 Å². The standard InChI is InChI=1S/C16H13N3OS/c1-11-8-9-17-15(18-11)12-4-6-13(7-5-12)19-16(20)14-3-2-10-21-14/h2-10H,1H3,(H,19,20). The number of thiophene rings is 1. The van der Waals surface area contributed by atoms with Crippen LogP contribution in [0.2, 0.25) is 0 Å². The number of hydrogen-bond acceptors (Lipinski definition) is 4. The van der Waals surface area contributed by atoms with E-state index in [1.54, 1.807) is 12.3 Å². The summed E-state index contributed by atoms with van der Waals surface area (Å²) in [6.07, 6.45) is 1.74. The van der Waals surface area contributed by atoms with Crippen LogP contribution in [0.4, 0.5) is 5.69 Å². The van der Waals surface area contributed by atoms with E-state index in [1.165, 1.54) is 11.3 Å². The van der Waals surface area contributed by atoms with E-state index < -0.39 is 0 Å². The van der Waals surface area contributed by atoms with Gasteiger partial charge >= 0.3 is 0 Å². The zero-order chi connectivity index (χ0) is 14.7. The Morgan fingerprint density at radius 3 is 2.62 bits per heavy atom. The predicted octanol–water partition coefficient (Wildman–Crippen LogP) is 3.77. The van der Waals surface area contributed by atoms with Crippen molar-refractivity contribution in [1.29, 1.82) is 0 Å². The largest absolute Gasteiger partial charge is 0.321 e. The number of aromatic nitrogens is 2. The molecule has 3 aromatic rings. The van der Waals surface area contributed by atoms with Gasteiger partial charge in [0.05, 0.1) is 4.88 Å². The molecule has 3 rings (SSSR count). The maximum Gasteiger partial charge on any atom is 0.265 e. The summed E-state index contributed by atoms with van der Waals surface area (Å²) in [6, 6.07) is 13.0. The highest BCUT2D eigenvalue weighted by Gasteiger charge is 2.07. The number of nitrogens with zero attached hydrogens (tertiary/aromatic N) is 2. The smallest absolute Gasteiger partial charge is 0.265 e. The molecule has 0 radical (unpaired) electrons. The van der Waals surface area contributed by atoms with Gasteiger partial charge in [0, 0.05) is 23.1 Å². The Kier molecular flexibility index (Phi) is 3.75. The summed E-state index contributed by atoms with van der Waals surface area (Å²) in [5.41, 5.74) is 2.60. The second-order valence-electron chi connectivity index (χ2n) is 4.53. The molecule has 2 aromatic heterocycles. The first-order chi connectivity index (χ1) is 10.2. The molecule has 0 unspecified atom stereocenters. The van der Waals surface area contributed by atoms with Crippen molar-refractivity contribution in [2.24, 2.45) is 0 Å². The molecule has 1 aromatic carbocycles. The zero-order valence-electron chi connectivity index (χ0n) is 11.4. The summed E-state index contributed by atoms with van der Waals surface area (Å²) in [6.45, 7) is 1.93. The third-order valence-corrected chi connectivity index (χ3v) is 3.81. The maximum absolute atomic E-state index is 11.9. The van der Waals surface area contributed by atoms with Crippen LogP contribution < -0.4 is 5.32 Å². The highest BCUT2D eigenvalue weighted by molar-refractivity contribution is 7.12. The predicted molar refractivity (Wildman–Crippen MR) is 84.5 cm³/mol. The third kappa shape index (κ3) is 3.14. The lowest BCUT2D eigenvalue weighted by Gasteiger charge is -2.05. The molecule has 1 N–H and O–H groups in total. The minimum absolute atomic E-state index is 0.0930. The Hall–Kier alpha value is -2.53. The molecular formula is C16H13N3OS. The van der Waals surface area contributed by atoms with Crippen LogP contribution in [-0.2, 0) is 0 Å². The van der Waals surface area contributed by atoms with Crippen molar-refractivity contribution < 1.29 is 4.79 Å². The van der Waals surface area contributed by atoms with Crippen molar-refractivity contribution in [2.45, 2.75) is 6.92 Å². The Morgan fingerprint density at radius 2 is 1.95 bits per heavy atom. The molecule has 0 saturated carbocycles. The van der Waals surface area contributed by atoms with E-state index in [4.69, 9.17) is 0 Å². The summed E-state index contributed by atoms with van der Waals surface area (Å²) in [5.74, 6) is 0.593. The molecule has 0 saturated heterocycles. The zero-order valence-corrected chi connectivity index (χ0v) is 12.2. The number of carbonyl (C=O) groups excluding carboxylic acids is 1. The van der Waals surface area contributed by atoms with Crippen LogP contribution in [0.5, 0.6) is 0 Å². The average Bonchev–Trinajstić information content (AvgIpc) is 3.02. The molecule has 0 atom stereocenters. The molecule has 0 aliphatic heterocycles. The molecule has 0 spiro atoms. The first-order valence-corrected chi connectivity index (χ1v) is 7.35. The minimum atomic E-state index is -0.0930. The van der Waals surface area contributed by atoms with Crippen molar-refractivity contribution in [1.82, 2.24) is 9.97 Å². The second kappa shape index (κ2) is 5.85. The molecule has 5 heteroatoms. The maximum atomic E-state index is 11.9. The van der Waals surface area contributed by atoms with Crippen molar-refractivity contribution in [3.05, 3.63) is 64.6 Å². The van der Waals surface area contributed by atoms with E-state index in [0.717, 1.165) is 16.9 Å². The normalized spacial score (nSPS) is 10.3. The lowest BCUT2D eigenvalue weighted by molar-refractivity contribution is 0.103. The van der Waals surface area contributed by atoms with E-state index in [1.807, 2.05) is 48.7 Å². The van der Waals surface area contributed by atoms with Gasteiger partial charge in [-0.3, -0.25) is 4.79 Å². The van der Waals surface area contributed by atoms with Gasteiger partial charge < -0.3 is 5.32 Å². The second-order valence-corrected chi connectivity index (χ2v) is 5.48. The Labute approximate surface area is 126 Å². The number of benzene rings is 1. The molecule has 0 fully saturated rings. The third-order valence-electron chi connectivity index (χ3n) is 2.94. The van der Waals surface area contributed by atoms with Gasteiger partial charge in [0.2, 0.25) is 0 Å². The fraction of sp³-hybridized carbons (Fsp3) is 0.0625. The van der Waals surface area contributed by atoms with Crippen molar-refractivity contribution in [3.8, 4) is 11.4 Å². The number of carbonyl (C=O) groups is 1. The Bertz CT molecular complexity index is 751. The Morgan fingerprint density at radius 1 is 1.14 bits per heavy atom. The lowest BCUT2D eigenvalue weighted by atomic mass is 10.2. The van der Waals surface area contributed by atoms with Crippen LogP contribution in [0.1, 0.15) is 15.4 Å². The summed E-state index contributed by atoms with van der Waals surface area (Å²) in [5, 5.41) is 4.75. The number of amides is 1. The quantitative estimate of drug-likeness (QED) is 0.800. The molecule has 1 amide bonds. The monoisotopic (exact) mass is 295 g/mol. The molecule has 2 heterocycles. The van der Waals surface area contributed by atoms with Crippen LogP contribution in [0.3, 0.4) is 0 Å².